The minimum atomic E-state index is 0.262. The third kappa shape index (κ3) is 2.53. The molecule has 0 bridgehead atoms. The molecule has 2 atom stereocenters. The average molecular weight is 237 g/mol. The Hall–Kier alpha value is -0.870. The van der Waals surface area contributed by atoms with Gasteiger partial charge in [-0.1, -0.05) is 6.92 Å². The van der Waals surface area contributed by atoms with Crippen LogP contribution in [0.3, 0.4) is 0 Å². The van der Waals surface area contributed by atoms with Gasteiger partial charge in [-0.15, -0.1) is 0 Å². The van der Waals surface area contributed by atoms with Gasteiger partial charge < -0.3 is 10.1 Å². The number of ether oxygens (including phenoxy) is 1. The molecule has 2 rings (SSSR count). The van der Waals surface area contributed by atoms with Gasteiger partial charge in [-0.05, 0) is 32.4 Å². The summed E-state index contributed by atoms with van der Waals surface area (Å²) in [5.74, 6) is 0. The Kier molecular flexibility index (Phi) is 3.84. The fraction of sp³-hybridized carbons (Fsp3) is 0.769. The van der Waals surface area contributed by atoms with Crippen molar-refractivity contribution in [3.63, 3.8) is 0 Å². The van der Waals surface area contributed by atoms with Crippen molar-refractivity contribution in [2.24, 2.45) is 0 Å². The highest BCUT2D eigenvalue weighted by Crippen LogP contribution is 2.40. The Balaban J connectivity index is 2.13. The van der Waals surface area contributed by atoms with Gasteiger partial charge in [0.1, 0.15) is 0 Å². The van der Waals surface area contributed by atoms with Crippen molar-refractivity contribution >= 4 is 0 Å². The first-order valence-electron chi connectivity index (χ1n) is 6.38. The van der Waals surface area contributed by atoms with Gasteiger partial charge in [0.05, 0.1) is 13.2 Å². The van der Waals surface area contributed by atoms with Gasteiger partial charge in [0, 0.05) is 30.5 Å². The van der Waals surface area contributed by atoms with Crippen molar-refractivity contribution in [1.82, 2.24) is 15.1 Å². The molecule has 1 aromatic rings. The zero-order chi connectivity index (χ0) is 12.3. The summed E-state index contributed by atoms with van der Waals surface area (Å²) >= 11 is 0. The van der Waals surface area contributed by atoms with Gasteiger partial charge in [-0.25, -0.2) is 0 Å². The summed E-state index contributed by atoms with van der Waals surface area (Å²) in [6.45, 7) is 3.92. The highest BCUT2D eigenvalue weighted by atomic mass is 16.5. The van der Waals surface area contributed by atoms with Crippen LogP contribution in [0.5, 0.6) is 0 Å². The van der Waals surface area contributed by atoms with E-state index in [1.165, 1.54) is 25.0 Å². The highest BCUT2D eigenvalue weighted by Gasteiger charge is 2.38. The SMILES string of the molecule is CNC1CCC(C)(c2ccnn2CCOC)C1. The van der Waals surface area contributed by atoms with E-state index in [-0.39, 0.29) is 5.41 Å². The second-order valence-corrected chi connectivity index (χ2v) is 5.22. The third-order valence-corrected chi connectivity index (χ3v) is 3.99. The van der Waals surface area contributed by atoms with Crippen LogP contribution in [0.25, 0.3) is 0 Å². The monoisotopic (exact) mass is 237 g/mol. The molecule has 4 heteroatoms. The Morgan fingerprint density at radius 2 is 2.47 bits per heavy atom. The first-order chi connectivity index (χ1) is 8.19. The van der Waals surface area contributed by atoms with Crippen molar-refractivity contribution in [2.45, 2.75) is 44.2 Å². The summed E-state index contributed by atoms with van der Waals surface area (Å²) in [5, 5.41) is 7.80. The number of hydrogen-bond acceptors (Lipinski definition) is 3. The summed E-state index contributed by atoms with van der Waals surface area (Å²) in [5.41, 5.74) is 1.62. The number of aromatic nitrogens is 2. The summed E-state index contributed by atoms with van der Waals surface area (Å²) in [4.78, 5) is 0. The lowest BCUT2D eigenvalue weighted by Gasteiger charge is -2.25. The van der Waals surface area contributed by atoms with Crippen LogP contribution in [0, 0.1) is 0 Å². The number of nitrogens with one attached hydrogen (secondary N) is 1. The Morgan fingerprint density at radius 3 is 3.12 bits per heavy atom. The molecular weight excluding hydrogens is 214 g/mol. The van der Waals surface area contributed by atoms with Crippen LogP contribution < -0.4 is 5.32 Å². The average Bonchev–Trinajstić information content (AvgIpc) is 2.93. The normalized spacial score (nSPS) is 28.8. The van der Waals surface area contributed by atoms with Gasteiger partial charge in [0.2, 0.25) is 0 Å². The molecule has 1 aliphatic rings. The fourth-order valence-electron chi connectivity index (χ4n) is 2.92. The van der Waals surface area contributed by atoms with Crippen LogP contribution >= 0.6 is 0 Å². The molecule has 1 heterocycles. The van der Waals surface area contributed by atoms with Gasteiger partial charge in [0.25, 0.3) is 0 Å². The highest BCUT2D eigenvalue weighted by molar-refractivity contribution is 5.18. The molecule has 1 saturated carbocycles. The smallest absolute Gasteiger partial charge is 0.0658 e. The molecule has 0 radical (unpaired) electrons. The molecule has 0 aliphatic heterocycles. The lowest BCUT2D eigenvalue weighted by molar-refractivity contribution is 0.180. The van der Waals surface area contributed by atoms with E-state index in [4.69, 9.17) is 4.74 Å². The minimum Gasteiger partial charge on any atom is -0.383 e. The van der Waals surface area contributed by atoms with Crippen molar-refractivity contribution < 1.29 is 4.74 Å². The Labute approximate surface area is 103 Å². The molecule has 2 unspecified atom stereocenters. The molecule has 1 aliphatic carbocycles. The second-order valence-electron chi connectivity index (χ2n) is 5.22. The lowest BCUT2D eigenvalue weighted by atomic mass is 9.84. The summed E-state index contributed by atoms with van der Waals surface area (Å²) in [6.07, 6.45) is 5.59. The number of methoxy groups -OCH3 is 1. The molecule has 17 heavy (non-hydrogen) atoms. The fourth-order valence-corrected chi connectivity index (χ4v) is 2.92. The molecule has 0 saturated heterocycles. The van der Waals surface area contributed by atoms with Crippen molar-refractivity contribution in [1.29, 1.82) is 0 Å². The molecule has 1 N–H and O–H groups in total. The molecule has 4 nitrogen and oxygen atoms in total. The van der Waals surface area contributed by atoms with Crippen LogP contribution in [0.2, 0.25) is 0 Å². The quantitative estimate of drug-likeness (QED) is 0.844. The van der Waals surface area contributed by atoms with Crippen molar-refractivity contribution in [3.8, 4) is 0 Å². The Morgan fingerprint density at radius 1 is 1.65 bits per heavy atom. The van der Waals surface area contributed by atoms with Crippen molar-refractivity contribution in [2.75, 3.05) is 20.8 Å². The molecule has 1 fully saturated rings. The predicted molar refractivity (Wildman–Crippen MR) is 68.2 cm³/mol. The summed E-state index contributed by atoms with van der Waals surface area (Å²) in [6, 6.07) is 2.80. The number of hydrogen-bond donors (Lipinski definition) is 1. The maximum absolute atomic E-state index is 5.13. The van der Waals surface area contributed by atoms with E-state index in [1.54, 1.807) is 7.11 Å². The van der Waals surface area contributed by atoms with Gasteiger partial charge >= 0.3 is 0 Å². The van der Waals surface area contributed by atoms with Gasteiger partial charge in [0.15, 0.2) is 0 Å². The lowest BCUT2D eigenvalue weighted by Crippen LogP contribution is -2.28. The van der Waals surface area contributed by atoms with Crippen molar-refractivity contribution in [3.05, 3.63) is 18.0 Å². The van der Waals surface area contributed by atoms with Crippen LogP contribution in [-0.4, -0.2) is 36.6 Å². The maximum atomic E-state index is 5.13. The van der Waals surface area contributed by atoms with E-state index in [9.17, 15) is 0 Å². The molecule has 0 amide bonds. The minimum absolute atomic E-state index is 0.262. The van der Waals surface area contributed by atoms with E-state index in [0.29, 0.717) is 6.04 Å². The first kappa shape index (κ1) is 12.6. The zero-order valence-electron chi connectivity index (χ0n) is 11.1. The van der Waals surface area contributed by atoms with E-state index < -0.39 is 0 Å². The number of rotatable bonds is 5. The predicted octanol–water partition coefficient (Wildman–Crippen LogP) is 1.56. The molecule has 0 aromatic carbocycles. The third-order valence-electron chi connectivity index (χ3n) is 3.99. The molecule has 1 aromatic heterocycles. The Bertz CT molecular complexity index is 363. The maximum Gasteiger partial charge on any atom is 0.0658 e. The van der Waals surface area contributed by atoms with Gasteiger partial charge in [-0.2, -0.15) is 5.10 Å². The topological polar surface area (TPSA) is 39.1 Å². The van der Waals surface area contributed by atoms with Crippen LogP contribution in [0.4, 0.5) is 0 Å². The second kappa shape index (κ2) is 5.19. The van der Waals surface area contributed by atoms with Crippen LogP contribution in [0.1, 0.15) is 31.9 Å². The van der Waals surface area contributed by atoms with E-state index in [0.717, 1.165) is 13.2 Å². The van der Waals surface area contributed by atoms with Gasteiger partial charge in [-0.3, -0.25) is 4.68 Å². The van der Waals surface area contributed by atoms with Crippen LogP contribution in [-0.2, 0) is 16.7 Å². The number of nitrogens with zero attached hydrogens (tertiary/aromatic N) is 2. The molecular formula is C13H23N3O. The molecule has 0 spiro atoms. The molecule has 96 valence electrons. The van der Waals surface area contributed by atoms with Crippen LogP contribution in [0.15, 0.2) is 12.3 Å². The van der Waals surface area contributed by atoms with E-state index in [1.807, 2.05) is 6.20 Å². The standard InChI is InChI=1S/C13H23N3O/c1-13(6-4-11(10-13)14-2)12-5-7-15-16(12)8-9-17-3/h5,7,11,14H,4,6,8-10H2,1-3H3. The van der Waals surface area contributed by atoms with E-state index >= 15 is 0 Å². The zero-order valence-corrected chi connectivity index (χ0v) is 11.1. The first-order valence-corrected chi connectivity index (χ1v) is 6.38. The van der Waals surface area contributed by atoms with E-state index in [2.05, 4.69) is 35.1 Å². The summed E-state index contributed by atoms with van der Waals surface area (Å²) in [7, 11) is 3.79. The largest absolute Gasteiger partial charge is 0.383 e. The summed E-state index contributed by atoms with van der Waals surface area (Å²) < 4.78 is 7.23.